The SMILES string of the molecule is CCCC#CCN=P(c1ccccc1)(c1ccccc1)c1ccccc1. The Balaban J connectivity index is 2.25. The van der Waals surface area contributed by atoms with E-state index >= 15 is 0 Å². The molecule has 0 radical (unpaired) electrons. The van der Waals surface area contributed by atoms with E-state index < -0.39 is 7.05 Å². The Hall–Kier alpha value is -2.55. The van der Waals surface area contributed by atoms with Crippen molar-refractivity contribution in [3.8, 4) is 11.8 Å². The maximum atomic E-state index is 5.28. The van der Waals surface area contributed by atoms with E-state index in [9.17, 15) is 0 Å². The molecule has 0 saturated carbocycles. The molecule has 0 N–H and O–H groups in total. The van der Waals surface area contributed by atoms with E-state index in [1.54, 1.807) is 0 Å². The van der Waals surface area contributed by atoms with Crippen LogP contribution < -0.4 is 15.9 Å². The molecule has 0 aliphatic rings. The lowest BCUT2D eigenvalue weighted by atomic mass is 10.3. The van der Waals surface area contributed by atoms with Gasteiger partial charge >= 0.3 is 0 Å². The van der Waals surface area contributed by atoms with E-state index in [0.717, 1.165) is 12.8 Å². The lowest BCUT2D eigenvalue weighted by Gasteiger charge is -2.26. The number of rotatable bonds is 5. The summed E-state index contributed by atoms with van der Waals surface area (Å²) in [6.07, 6.45) is 2.02. The van der Waals surface area contributed by atoms with Crippen LogP contribution in [0.25, 0.3) is 0 Å². The molecule has 3 rings (SSSR count). The largest absolute Gasteiger partial charge is 0.277 e. The second kappa shape index (κ2) is 9.23. The minimum Gasteiger partial charge on any atom is -0.277 e. The fraction of sp³-hybridized carbons (Fsp3) is 0.167. The molecular formula is C24H24NP. The number of nitrogens with zero attached hydrogens (tertiary/aromatic N) is 1. The van der Waals surface area contributed by atoms with Crippen LogP contribution in [-0.4, -0.2) is 6.54 Å². The topological polar surface area (TPSA) is 12.4 Å². The lowest BCUT2D eigenvalue weighted by molar-refractivity contribution is 0.982. The Kier molecular flexibility index (Phi) is 6.48. The fourth-order valence-electron chi connectivity index (χ4n) is 3.03. The molecule has 0 aliphatic heterocycles. The number of hydrogen-bond acceptors (Lipinski definition) is 1. The van der Waals surface area contributed by atoms with Crippen molar-refractivity contribution in [1.82, 2.24) is 0 Å². The minimum atomic E-state index is -2.08. The summed E-state index contributed by atoms with van der Waals surface area (Å²) >= 11 is 0. The van der Waals surface area contributed by atoms with Crippen molar-refractivity contribution >= 4 is 23.0 Å². The van der Waals surface area contributed by atoms with E-state index in [-0.39, 0.29) is 0 Å². The van der Waals surface area contributed by atoms with Crippen LogP contribution in [0.2, 0.25) is 0 Å². The monoisotopic (exact) mass is 357 g/mol. The average Bonchev–Trinajstić information content (AvgIpc) is 2.73. The predicted molar refractivity (Wildman–Crippen MR) is 115 cm³/mol. The van der Waals surface area contributed by atoms with Gasteiger partial charge in [-0.3, -0.25) is 4.74 Å². The Labute approximate surface area is 157 Å². The molecule has 0 atom stereocenters. The lowest BCUT2D eigenvalue weighted by Crippen LogP contribution is -2.25. The van der Waals surface area contributed by atoms with Gasteiger partial charge in [-0.25, -0.2) is 0 Å². The standard InChI is InChI=1S/C24H24NP/c1-2-3-4-14-21-25-26(22-15-8-5-9-16-22,23-17-10-6-11-18-23)24-19-12-7-13-20-24/h5-13,15-20H,2-3,21H2,1H3. The fourth-order valence-corrected chi connectivity index (χ4v) is 6.51. The Morgan fingerprint density at radius 2 is 1.08 bits per heavy atom. The quantitative estimate of drug-likeness (QED) is 0.452. The van der Waals surface area contributed by atoms with E-state index in [2.05, 4.69) is 110 Å². The average molecular weight is 357 g/mol. The van der Waals surface area contributed by atoms with Crippen molar-refractivity contribution in [2.75, 3.05) is 6.54 Å². The second-order valence-corrected chi connectivity index (χ2v) is 9.15. The Bertz CT molecular complexity index is 816. The van der Waals surface area contributed by atoms with Gasteiger partial charge in [0.05, 0.1) is 13.6 Å². The van der Waals surface area contributed by atoms with Crippen LogP contribution in [0.5, 0.6) is 0 Å². The third-order valence-corrected chi connectivity index (χ3v) is 7.95. The van der Waals surface area contributed by atoms with Crippen molar-refractivity contribution in [2.45, 2.75) is 19.8 Å². The number of hydrogen-bond donors (Lipinski definition) is 0. The molecule has 0 saturated heterocycles. The van der Waals surface area contributed by atoms with Gasteiger partial charge in [0.1, 0.15) is 0 Å². The summed E-state index contributed by atoms with van der Waals surface area (Å²) in [6.45, 7) is 2.72. The number of unbranched alkanes of at least 4 members (excludes halogenated alkanes) is 1. The van der Waals surface area contributed by atoms with E-state index in [1.165, 1.54) is 15.9 Å². The first-order chi connectivity index (χ1) is 12.9. The summed E-state index contributed by atoms with van der Waals surface area (Å²) in [7, 11) is -2.08. The van der Waals surface area contributed by atoms with Crippen molar-refractivity contribution in [2.24, 2.45) is 4.74 Å². The van der Waals surface area contributed by atoms with Crippen LogP contribution in [0.3, 0.4) is 0 Å². The predicted octanol–water partition coefficient (Wildman–Crippen LogP) is 4.97. The molecule has 0 amide bonds. The Morgan fingerprint density at radius 1 is 0.654 bits per heavy atom. The Morgan fingerprint density at radius 3 is 1.46 bits per heavy atom. The molecule has 0 aromatic heterocycles. The van der Waals surface area contributed by atoms with Crippen LogP contribution in [0.15, 0.2) is 95.7 Å². The summed E-state index contributed by atoms with van der Waals surface area (Å²) < 4.78 is 5.28. The zero-order chi connectivity index (χ0) is 18.1. The smallest absolute Gasteiger partial charge is 0.0994 e. The van der Waals surface area contributed by atoms with Gasteiger partial charge in [0.15, 0.2) is 0 Å². The maximum absolute atomic E-state index is 5.28. The zero-order valence-corrected chi connectivity index (χ0v) is 16.1. The third kappa shape index (κ3) is 3.98. The summed E-state index contributed by atoms with van der Waals surface area (Å²) in [4.78, 5) is 0. The first-order valence-corrected chi connectivity index (χ1v) is 10.8. The third-order valence-electron chi connectivity index (χ3n) is 4.25. The van der Waals surface area contributed by atoms with Crippen LogP contribution in [0.4, 0.5) is 0 Å². The molecule has 0 spiro atoms. The summed E-state index contributed by atoms with van der Waals surface area (Å²) in [5, 5.41) is 3.82. The van der Waals surface area contributed by atoms with Gasteiger partial charge in [-0.15, -0.1) is 5.92 Å². The highest BCUT2D eigenvalue weighted by Gasteiger charge is 2.26. The molecule has 0 fully saturated rings. The highest BCUT2D eigenvalue weighted by Crippen LogP contribution is 2.46. The molecule has 1 nitrogen and oxygen atoms in total. The van der Waals surface area contributed by atoms with Gasteiger partial charge in [-0.1, -0.05) is 104 Å². The highest BCUT2D eigenvalue weighted by atomic mass is 31.2. The molecule has 130 valence electrons. The van der Waals surface area contributed by atoms with Crippen molar-refractivity contribution in [1.29, 1.82) is 0 Å². The van der Waals surface area contributed by atoms with Crippen LogP contribution in [-0.2, 0) is 0 Å². The molecule has 3 aromatic rings. The molecule has 26 heavy (non-hydrogen) atoms. The normalized spacial score (nSPS) is 10.7. The van der Waals surface area contributed by atoms with Gasteiger partial charge in [-0.2, -0.15) is 0 Å². The maximum Gasteiger partial charge on any atom is 0.0994 e. The molecule has 0 unspecified atom stereocenters. The summed E-state index contributed by atoms with van der Waals surface area (Å²) in [5.74, 6) is 6.50. The van der Waals surface area contributed by atoms with Crippen LogP contribution in [0.1, 0.15) is 19.8 Å². The highest BCUT2D eigenvalue weighted by molar-refractivity contribution is 7.87. The molecular weight excluding hydrogens is 333 g/mol. The first kappa shape index (κ1) is 18.2. The van der Waals surface area contributed by atoms with Crippen LogP contribution in [0, 0.1) is 11.8 Å². The van der Waals surface area contributed by atoms with Gasteiger partial charge in [0.25, 0.3) is 0 Å². The van der Waals surface area contributed by atoms with Gasteiger partial charge in [-0.05, 0) is 6.42 Å². The van der Waals surface area contributed by atoms with Crippen molar-refractivity contribution in [3.05, 3.63) is 91.0 Å². The minimum absolute atomic E-state index is 0.562. The molecule has 3 aromatic carbocycles. The van der Waals surface area contributed by atoms with Crippen molar-refractivity contribution in [3.63, 3.8) is 0 Å². The van der Waals surface area contributed by atoms with Gasteiger partial charge in [0.2, 0.25) is 0 Å². The number of benzene rings is 3. The van der Waals surface area contributed by atoms with E-state index in [4.69, 9.17) is 4.74 Å². The molecule has 0 heterocycles. The zero-order valence-electron chi connectivity index (χ0n) is 15.2. The molecule has 0 aliphatic carbocycles. The summed E-state index contributed by atoms with van der Waals surface area (Å²) in [5.41, 5.74) is 0. The first-order valence-electron chi connectivity index (χ1n) is 9.08. The van der Waals surface area contributed by atoms with E-state index in [0.29, 0.717) is 6.54 Å². The van der Waals surface area contributed by atoms with Gasteiger partial charge < -0.3 is 0 Å². The summed E-state index contributed by atoms with van der Waals surface area (Å²) in [6, 6.07) is 32.1. The van der Waals surface area contributed by atoms with Crippen LogP contribution >= 0.6 is 7.05 Å². The van der Waals surface area contributed by atoms with Crippen molar-refractivity contribution < 1.29 is 0 Å². The molecule has 0 bridgehead atoms. The van der Waals surface area contributed by atoms with Gasteiger partial charge in [0, 0.05) is 22.3 Å². The van der Waals surface area contributed by atoms with E-state index in [1.807, 2.05) is 0 Å². The second-order valence-electron chi connectivity index (χ2n) is 6.05. The molecule has 2 heteroatoms.